The highest BCUT2D eigenvalue weighted by molar-refractivity contribution is 6.30. The van der Waals surface area contributed by atoms with Gasteiger partial charge in [-0.15, -0.1) is 0 Å². The molecule has 0 atom stereocenters. The maximum Gasteiger partial charge on any atom is 0.253 e. The molecule has 0 saturated carbocycles. The maximum absolute atomic E-state index is 12.4. The molecule has 5 nitrogen and oxygen atoms in total. The summed E-state index contributed by atoms with van der Waals surface area (Å²) in [4.78, 5) is 16.5. The van der Waals surface area contributed by atoms with Gasteiger partial charge < -0.3 is 15.4 Å². The maximum atomic E-state index is 12.4. The van der Waals surface area contributed by atoms with E-state index in [-0.39, 0.29) is 5.91 Å². The number of nitrogens with zero attached hydrogens (tertiary/aromatic N) is 1. The number of benzene rings is 2. The van der Waals surface area contributed by atoms with Gasteiger partial charge in [0, 0.05) is 23.5 Å². The van der Waals surface area contributed by atoms with Gasteiger partial charge in [0.15, 0.2) is 0 Å². The number of halogens is 1. The van der Waals surface area contributed by atoms with Crippen LogP contribution in [0.4, 0.5) is 11.4 Å². The van der Waals surface area contributed by atoms with E-state index in [4.69, 9.17) is 16.3 Å². The topological polar surface area (TPSA) is 63.2 Å². The van der Waals surface area contributed by atoms with Crippen molar-refractivity contribution >= 4 is 28.9 Å². The first kappa shape index (κ1) is 17.8. The molecule has 3 aromatic rings. The number of pyridine rings is 1. The molecule has 0 unspecified atom stereocenters. The van der Waals surface area contributed by atoms with Gasteiger partial charge in [0.1, 0.15) is 5.75 Å². The Morgan fingerprint density at radius 2 is 1.77 bits per heavy atom. The highest BCUT2D eigenvalue weighted by atomic mass is 35.5. The molecule has 1 aromatic heterocycles. The molecule has 0 spiro atoms. The van der Waals surface area contributed by atoms with Crippen LogP contribution in [0.1, 0.15) is 15.9 Å². The second kappa shape index (κ2) is 8.36. The van der Waals surface area contributed by atoms with E-state index in [9.17, 15) is 4.79 Å². The van der Waals surface area contributed by atoms with Crippen LogP contribution in [0.15, 0.2) is 67.0 Å². The Morgan fingerprint density at radius 3 is 2.46 bits per heavy atom. The molecule has 6 heteroatoms. The van der Waals surface area contributed by atoms with Gasteiger partial charge in [-0.1, -0.05) is 23.7 Å². The molecule has 0 aliphatic carbocycles. The third-order valence-corrected chi connectivity index (χ3v) is 4.00. The molecule has 2 aromatic carbocycles. The minimum atomic E-state index is -0.189. The lowest BCUT2D eigenvalue weighted by atomic mass is 10.2. The summed E-state index contributed by atoms with van der Waals surface area (Å²) >= 11 is 5.86. The van der Waals surface area contributed by atoms with E-state index in [1.54, 1.807) is 31.5 Å². The van der Waals surface area contributed by atoms with Crippen LogP contribution in [0.5, 0.6) is 5.75 Å². The first-order chi connectivity index (χ1) is 12.6. The van der Waals surface area contributed by atoms with Crippen molar-refractivity contribution in [2.24, 2.45) is 0 Å². The molecule has 0 aliphatic rings. The Morgan fingerprint density at radius 1 is 1.04 bits per heavy atom. The molecular weight excluding hydrogens is 350 g/mol. The van der Waals surface area contributed by atoms with Gasteiger partial charge in [0.2, 0.25) is 0 Å². The third-order valence-electron chi connectivity index (χ3n) is 3.75. The first-order valence-corrected chi connectivity index (χ1v) is 8.40. The molecule has 1 heterocycles. The highest BCUT2D eigenvalue weighted by Gasteiger charge is 2.07. The number of nitrogens with one attached hydrogen (secondary N) is 2. The smallest absolute Gasteiger partial charge is 0.253 e. The van der Waals surface area contributed by atoms with Gasteiger partial charge in [-0.25, -0.2) is 0 Å². The summed E-state index contributed by atoms with van der Waals surface area (Å²) in [5.41, 5.74) is 3.07. The normalized spacial score (nSPS) is 10.2. The average Bonchev–Trinajstić information content (AvgIpc) is 2.68. The van der Waals surface area contributed by atoms with Crippen molar-refractivity contribution < 1.29 is 9.53 Å². The Labute approximate surface area is 157 Å². The van der Waals surface area contributed by atoms with Gasteiger partial charge in [-0.2, -0.15) is 0 Å². The van der Waals surface area contributed by atoms with Crippen molar-refractivity contribution in [1.82, 2.24) is 10.3 Å². The molecule has 0 fully saturated rings. The molecule has 3 rings (SSSR count). The predicted molar refractivity (Wildman–Crippen MR) is 103 cm³/mol. The largest absolute Gasteiger partial charge is 0.497 e. The highest BCUT2D eigenvalue weighted by Crippen LogP contribution is 2.20. The quantitative estimate of drug-likeness (QED) is 0.677. The lowest BCUT2D eigenvalue weighted by Crippen LogP contribution is -2.23. The van der Waals surface area contributed by atoms with Crippen LogP contribution in [-0.4, -0.2) is 18.0 Å². The number of anilines is 2. The minimum Gasteiger partial charge on any atom is -0.497 e. The monoisotopic (exact) mass is 367 g/mol. The molecule has 0 aliphatic heterocycles. The zero-order valence-corrected chi connectivity index (χ0v) is 15.0. The SMILES string of the molecule is COc1ccc(Nc2cncc(C(=O)NCc3ccc(Cl)cc3)c2)cc1. The fourth-order valence-electron chi connectivity index (χ4n) is 2.36. The molecule has 0 radical (unpaired) electrons. The number of methoxy groups -OCH3 is 1. The summed E-state index contributed by atoms with van der Waals surface area (Å²) in [6, 6.07) is 16.6. The minimum absolute atomic E-state index is 0.189. The zero-order chi connectivity index (χ0) is 18.4. The van der Waals surface area contributed by atoms with Crippen LogP contribution in [-0.2, 0) is 6.54 Å². The lowest BCUT2D eigenvalue weighted by Gasteiger charge is -2.09. The molecule has 2 N–H and O–H groups in total. The van der Waals surface area contributed by atoms with Crippen molar-refractivity contribution in [2.45, 2.75) is 6.54 Å². The lowest BCUT2D eigenvalue weighted by molar-refractivity contribution is 0.0950. The Balaban J connectivity index is 1.63. The van der Waals surface area contributed by atoms with E-state index in [0.717, 1.165) is 22.7 Å². The number of ether oxygens (including phenoxy) is 1. The van der Waals surface area contributed by atoms with Crippen molar-refractivity contribution in [3.05, 3.63) is 83.1 Å². The van der Waals surface area contributed by atoms with Crippen molar-refractivity contribution in [1.29, 1.82) is 0 Å². The van der Waals surface area contributed by atoms with Gasteiger partial charge in [-0.3, -0.25) is 9.78 Å². The van der Waals surface area contributed by atoms with Crippen LogP contribution in [0.25, 0.3) is 0 Å². The zero-order valence-electron chi connectivity index (χ0n) is 14.2. The molecule has 132 valence electrons. The summed E-state index contributed by atoms with van der Waals surface area (Å²) in [7, 11) is 1.62. The van der Waals surface area contributed by atoms with Crippen LogP contribution in [0.3, 0.4) is 0 Å². The van der Waals surface area contributed by atoms with E-state index < -0.39 is 0 Å². The molecule has 0 saturated heterocycles. The van der Waals surface area contributed by atoms with Crippen molar-refractivity contribution in [2.75, 3.05) is 12.4 Å². The second-order valence-electron chi connectivity index (χ2n) is 5.62. The number of hydrogen-bond acceptors (Lipinski definition) is 4. The number of hydrogen-bond donors (Lipinski definition) is 2. The molecular formula is C20H18ClN3O2. The standard InChI is InChI=1S/C20H18ClN3O2/c1-26-19-8-6-17(7-9-19)24-18-10-15(12-22-13-18)20(25)23-11-14-2-4-16(21)5-3-14/h2-10,12-13,24H,11H2,1H3,(H,23,25). The number of rotatable bonds is 6. The van der Waals surface area contributed by atoms with E-state index in [1.807, 2.05) is 36.4 Å². The Hall–Kier alpha value is -3.05. The Kier molecular flexibility index (Phi) is 5.71. The van der Waals surface area contributed by atoms with E-state index >= 15 is 0 Å². The summed E-state index contributed by atoms with van der Waals surface area (Å²) in [5.74, 6) is 0.592. The number of carbonyl (C=O) groups is 1. The van der Waals surface area contributed by atoms with Crippen LogP contribution >= 0.6 is 11.6 Å². The Bertz CT molecular complexity index is 880. The second-order valence-corrected chi connectivity index (χ2v) is 6.06. The van der Waals surface area contributed by atoms with Crippen molar-refractivity contribution in [3.63, 3.8) is 0 Å². The average molecular weight is 368 g/mol. The van der Waals surface area contributed by atoms with Gasteiger partial charge in [0.05, 0.1) is 24.6 Å². The van der Waals surface area contributed by atoms with E-state index in [2.05, 4.69) is 15.6 Å². The summed E-state index contributed by atoms with van der Waals surface area (Å²) in [6.45, 7) is 0.423. The molecule has 1 amide bonds. The molecule has 0 bridgehead atoms. The van der Waals surface area contributed by atoms with Gasteiger partial charge in [-0.05, 0) is 48.0 Å². The summed E-state index contributed by atoms with van der Waals surface area (Å²) in [6.07, 6.45) is 3.20. The van der Waals surface area contributed by atoms with Crippen molar-refractivity contribution in [3.8, 4) is 5.75 Å². The van der Waals surface area contributed by atoms with E-state index in [0.29, 0.717) is 17.1 Å². The fraction of sp³-hybridized carbons (Fsp3) is 0.100. The molecule has 26 heavy (non-hydrogen) atoms. The van der Waals surface area contributed by atoms with Gasteiger partial charge in [0.25, 0.3) is 5.91 Å². The number of carbonyl (C=O) groups excluding carboxylic acids is 1. The summed E-state index contributed by atoms with van der Waals surface area (Å²) < 4.78 is 5.14. The van der Waals surface area contributed by atoms with Crippen LogP contribution in [0, 0.1) is 0 Å². The fourth-order valence-corrected chi connectivity index (χ4v) is 2.49. The third kappa shape index (κ3) is 4.74. The predicted octanol–water partition coefficient (Wildman–Crippen LogP) is 4.42. The van der Waals surface area contributed by atoms with E-state index in [1.165, 1.54) is 6.20 Å². The van der Waals surface area contributed by atoms with Crippen LogP contribution in [0.2, 0.25) is 5.02 Å². The van der Waals surface area contributed by atoms with Crippen LogP contribution < -0.4 is 15.4 Å². The number of aromatic nitrogens is 1. The van der Waals surface area contributed by atoms with Gasteiger partial charge >= 0.3 is 0 Å². The first-order valence-electron chi connectivity index (χ1n) is 8.03. The number of amides is 1. The summed E-state index contributed by atoms with van der Waals surface area (Å²) in [5, 5.41) is 6.76.